The molecule has 1 unspecified atom stereocenters. The van der Waals surface area contributed by atoms with Crippen LogP contribution < -0.4 is 10.6 Å². The van der Waals surface area contributed by atoms with E-state index in [1.165, 1.54) is 0 Å². The van der Waals surface area contributed by atoms with Crippen LogP contribution >= 0.6 is 0 Å². The van der Waals surface area contributed by atoms with Gasteiger partial charge < -0.3 is 19.8 Å². The van der Waals surface area contributed by atoms with Gasteiger partial charge in [-0.1, -0.05) is 20.8 Å². The predicted molar refractivity (Wildman–Crippen MR) is 102 cm³/mol. The second kappa shape index (κ2) is 8.19. The molecule has 1 aliphatic heterocycles. The minimum atomic E-state index is -1.88. The molecule has 24 heavy (non-hydrogen) atoms. The minimum Gasteiger partial charge on any atom is -0.444 e. The quantitative estimate of drug-likeness (QED) is 0.732. The molecule has 1 heterocycles. The van der Waals surface area contributed by atoms with Gasteiger partial charge in [-0.15, -0.1) is 0 Å². The third-order valence-electron chi connectivity index (χ3n) is 5.01. The maximum absolute atomic E-state index is 12.0. The van der Waals surface area contributed by atoms with Crippen LogP contribution in [0.2, 0.25) is 18.1 Å². The maximum atomic E-state index is 12.0. The van der Waals surface area contributed by atoms with E-state index in [9.17, 15) is 4.79 Å². The summed E-state index contributed by atoms with van der Waals surface area (Å²) >= 11 is 0. The highest BCUT2D eigenvalue weighted by Gasteiger charge is 2.41. The lowest BCUT2D eigenvalue weighted by molar-refractivity contribution is 0.0448. The van der Waals surface area contributed by atoms with E-state index in [0.29, 0.717) is 12.5 Å². The van der Waals surface area contributed by atoms with Crippen LogP contribution in [0.25, 0.3) is 0 Å². The van der Waals surface area contributed by atoms with Crippen molar-refractivity contribution in [2.24, 2.45) is 5.92 Å². The fourth-order valence-corrected chi connectivity index (χ4v) is 3.96. The summed E-state index contributed by atoms with van der Waals surface area (Å²) < 4.78 is 12.0. The van der Waals surface area contributed by atoms with Crippen molar-refractivity contribution in [3.05, 3.63) is 0 Å². The number of carbonyl (C=O) groups is 1. The Morgan fingerprint density at radius 3 is 2.17 bits per heavy atom. The van der Waals surface area contributed by atoms with Crippen molar-refractivity contribution < 1.29 is 14.0 Å². The van der Waals surface area contributed by atoms with Gasteiger partial charge in [0, 0.05) is 6.54 Å². The zero-order valence-corrected chi connectivity index (χ0v) is 17.9. The first kappa shape index (κ1) is 21.4. The lowest BCUT2D eigenvalue weighted by atomic mass is 9.92. The van der Waals surface area contributed by atoms with Crippen LogP contribution in [0.4, 0.5) is 4.79 Å². The highest BCUT2D eigenvalue weighted by molar-refractivity contribution is 6.74. The number of nitrogens with one attached hydrogen (secondary N) is 2. The monoisotopic (exact) mass is 358 g/mol. The van der Waals surface area contributed by atoms with Crippen molar-refractivity contribution in [3.8, 4) is 0 Å². The summed E-state index contributed by atoms with van der Waals surface area (Å²) in [5.74, 6) is 0.482. The summed E-state index contributed by atoms with van der Waals surface area (Å²) in [6, 6.07) is 0. The van der Waals surface area contributed by atoms with Gasteiger partial charge in [-0.05, 0) is 70.8 Å². The zero-order valence-electron chi connectivity index (χ0n) is 16.9. The number of ether oxygens (including phenoxy) is 1. The Morgan fingerprint density at radius 1 is 1.17 bits per heavy atom. The Balaban J connectivity index is 2.73. The molecule has 0 bridgehead atoms. The predicted octanol–water partition coefficient (Wildman–Crippen LogP) is 3.90. The normalized spacial score (nSPS) is 19.0. The Bertz CT molecular complexity index is 407. The summed E-state index contributed by atoms with van der Waals surface area (Å²) in [5, 5.41) is 6.49. The van der Waals surface area contributed by atoms with E-state index < -0.39 is 13.9 Å². The van der Waals surface area contributed by atoms with Crippen LogP contribution in [-0.4, -0.2) is 45.7 Å². The Morgan fingerprint density at radius 2 is 1.71 bits per heavy atom. The molecule has 0 aromatic heterocycles. The molecule has 1 amide bonds. The molecular formula is C18H38N2O3Si. The molecule has 0 aromatic carbocycles. The number of amides is 1. The maximum Gasteiger partial charge on any atom is 0.407 e. The van der Waals surface area contributed by atoms with Crippen molar-refractivity contribution in [2.45, 2.75) is 84.2 Å². The lowest BCUT2D eigenvalue weighted by Gasteiger charge is -2.42. The highest BCUT2D eigenvalue weighted by atomic mass is 28.4. The minimum absolute atomic E-state index is 0.0560. The van der Waals surface area contributed by atoms with Crippen LogP contribution in [0, 0.1) is 5.92 Å². The smallest absolute Gasteiger partial charge is 0.407 e. The largest absolute Gasteiger partial charge is 0.444 e. The molecule has 1 saturated heterocycles. The zero-order chi connectivity index (χ0) is 18.6. The fraction of sp³-hybridized carbons (Fsp3) is 0.944. The molecular weight excluding hydrogens is 320 g/mol. The van der Waals surface area contributed by atoms with Gasteiger partial charge in [-0.3, -0.25) is 0 Å². The van der Waals surface area contributed by atoms with Crippen molar-refractivity contribution in [2.75, 3.05) is 19.6 Å². The average Bonchev–Trinajstić information content (AvgIpc) is 2.41. The third-order valence-corrected chi connectivity index (χ3v) is 9.51. The molecule has 0 aromatic rings. The van der Waals surface area contributed by atoms with Crippen LogP contribution in [0.3, 0.4) is 0 Å². The van der Waals surface area contributed by atoms with Gasteiger partial charge in [-0.2, -0.15) is 0 Å². The lowest BCUT2D eigenvalue weighted by Crippen LogP contribution is -2.51. The number of alkyl carbamates (subject to hydrolysis) is 1. The van der Waals surface area contributed by atoms with E-state index in [4.69, 9.17) is 9.16 Å². The molecule has 6 heteroatoms. The van der Waals surface area contributed by atoms with E-state index in [2.05, 4.69) is 44.5 Å². The van der Waals surface area contributed by atoms with Gasteiger partial charge in [0.25, 0.3) is 0 Å². The number of hydrogen-bond donors (Lipinski definition) is 2. The summed E-state index contributed by atoms with van der Waals surface area (Å²) in [4.78, 5) is 12.0. The van der Waals surface area contributed by atoms with E-state index in [0.717, 1.165) is 25.9 Å². The van der Waals surface area contributed by atoms with Crippen LogP contribution in [0.15, 0.2) is 0 Å². The molecule has 5 nitrogen and oxygen atoms in total. The molecule has 1 fully saturated rings. The molecule has 1 aliphatic rings. The third kappa shape index (κ3) is 7.11. The van der Waals surface area contributed by atoms with E-state index >= 15 is 0 Å². The van der Waals surface area contributed by atoms with E-state index in [1.807, 2.05) is 20.8 Å². The van der Waals surface area contributed by atoms with Gasteiger partial charge >= 0.3 is 6.09 Å². The van der Waals surface area contributed by atoms with Crippen molar-refractivity contribution >= 4 is 14.4 Å². The Hall–Kier alpha value is -0.593. The highest BCUT2D eigenvalue weighted by Crippen LogP contribution is 2.38. The average molecular weight is 359 g/mol. The first-order chi connectivity index (χ1) is 10.8. The van der Waals surface area contributed by atoms with E-state index in [-0.39, 0.29) is 17.2 Å². The molecule has 0 radical (unpaired) electrons. The molecule has 0 spiro atoms. The second-order valence-corrected chi connectivity index (χ2v) is 14.1. The van der Waals surface area contributed by atoms with Gasteiger partial charge in [0.2, 0.25) is 0 Å². The summed E-state index contributed by atoms with van der Waals surface area (Å²) in [7, 11) is -1.88. The van der Waals surface area contributed by atoms with E-state index in [1.54, 1.807) is 0 Å². The Labute approximate surface area is 149 Å². The SMILES string of the molecule is CC(C)(C)OC(=O)NCC(O[Si](C)(C)C(C)(C)C)C1CCNCC1. The number of hydrogen-bond acceptors (Lipinski definition) is 4. The van der Waals surface area contributed by atoms with Gasteiger partial charge in [-0.25, -0.2) is 4.79 Å². The number of carbonyl (C=O) groups excluding carboxylic acids is 1. The summed E-state index contributed by atoms with van der Waals surface area (Å²) in [6.45, 7) is 19.5. The second-order valence-electron chi connectivity index (χ2n) is 9.39. The summed E-state index contributed by atoms with van der Waals surface area (Å²) in [5.41, 5.74) is -0.478. The number of piperidine rings is 1. The number of rotatable bonds is 5. The molecule has 0 saturated carbocycles. The molecule has 2 N–H and O–H groups in total. The standard InChI is InChI=1S/C18H38N2O3Si/c1-17(2,3)22-16(21)20-13-15(14-9-11-19-12-10-14)23-24(7,8)18(4,5)6/h14-15,19H,9-13H2,1-8H3,(H,20,21). The van der Waals surface area contributed by atoms with Crippen molar-refractivity contribution in [1.29, 1.82) is 0 Å². The fourth-order valence-electron chi connectivity index (χ4n) is 2.57. The first-order valence-electron chi connectivity index (χ1n) is 9.17. The van der Waals surface area contributed by atoms with Crippen LogP contribution in [0.5, 0.6) is 0 Å². The van der Waals surface area contributed by atoms with Crippen LogP contribution in [0.1, 0.15) is 54.4 Å². The first-order valence-corrected chi connectivity index (χ1v) is 12.1. The summed E-state index contributed by atoms with van der Waals surface area (Å²) in [6.07, 6.45) is 1.88. The molecule has 0 aliphatic carbocycles. The van der Waals surface area contributed by atoms with Crippen molar-refractivity contribution in [1.82, 2.24) is 10.6 Å². The van der Waals surface area contributed by atoms with Crippen LogP contribution in [-0.2, 0) is 9.16 Å². The molecule has 1 atom stereocenters. The van der Waals surface area contributed by atoms with Gasteiger partial charge in [0.05, 0.1) is 6.10 Å². The van der Waals surface area contributed by atoms with Gasteiger partial charge in [0.1, 0.15) is 5.60 Å². The molecule has 1 rings (SSSR count). The molecule has 142 valence electrons. The topological polar surface area (TPSA) is 59.6 Å². The van der Waals surface area contributed by atoms with Gasteiger partial charge in [0.15, 0.2) is 8.32 Å². The van der Waals surface area contributed by atoms with Crippen molar-refractivity contribution in [3.63, 3.8) is 0 Å². The Kier molecular flexibility index (Phi) is 7.32.